The molecule has 1 aliphatic rings. The van der Waals surface area contributed by atoms with Gasteiger partial charge in [-0.25, -0.2) is 4.79 Å². The summed E-state index contributed by atoms with van der Waals surface area (Å²) in [5.41, 5.74) is -4.56. The van der Waals surface area contributed by atoms with Crippen molar-refractivity contribution in [2.75, 3.05) is 29.3 Å². The van der Waals surface area contributed by atoms with Crippen molar-refractivity contribution in [2.45, 2.75) is 39.1 Å². The van der Waals surface area contributed by atoms with Crippen LogP contribution in [0.1, 0.15) is 42.6 Å². The maximum absolute atomic E-state index is 13.1. The molecule has 0 saturated heterocycles. The fourth-order valence-electron chi connectivity index (χ4n) is 3.32. The number of sulfonamides is 1. The molecule has 1 N–H and O–H groups in total. The van der Waals surface area contributed by atoms with Crippen LogP contribution in [0, 0.1) is 5.92 Å². The number of nitrogens with zero attached hydrogens (tertiary/aromatic N) is 5. The molecule has 0 atom stereocenters. The smallest absolute Gasteiger partial charge is 0.461 e. The summed E-state index contributed by atoms with van der Waals surface area (Å²) in [5.74, 6) is -0.411. The molecule has 0 amide bonds. The summed E-state index contributed by atoms with van der Waals surface area (Å²) in [7, 11) is -5.69. The highest BCUT2D eigenvalue weighted by Crippen LogP contribution is 2.40. The number of benzene rings is 1. The van der Waals surface area contributed by atoms with Gasteiger partial charge in [-0.05, 0) is 43.4 Å². The van der Waals surface area contributed by atoms with Crippen molar-refractivity contribution < 1.29 is 31.1 Å². The number of hydrogen-bond acceptors (Lipinski definition) is 10. The highest BCUT2D eigenvalue weighted by atomic mass is 32.2. The van der Waals surface area contributed by atoms with E-state index in [0.29, 0.717) is 25.2 Å². The van der Waals surface area contributed by atoms with E-state index in [1.807, 2.05) is 18.7 Å². The average Bonchev–Trinajstić information content (AvgIpc) is 3.21. The van der Waals surface area contributed by atoms with E-state index in [0.717, 1.165) is 23.3 Å². The number of azo groups is 1. The van der Waals surface area contributed by atoms with Gasteiger partial charge >= 0.3 is 21.5 Å². The van der Waals surface area contributed by atoms with Crippen LogP contribution in [0.15, 0.2) is 22.4 Å². The Balaban J connectivity index is 2.01. The SMILES string of the molecule is CCOC(=O)c1nnc(N=Nc2cc3c(cc2NS(=O)(=O)C(F)(F)F)N(CC(C)C)CCC3)s1. The molecule has 0 unspecified atom stereocenters. The summed E-state index contributed by atoms with van der Waals surface area (Å²) in [6, 6.07) is 2.85. The predicted molar refractivity (Wildman–Crippen MR) is 120 cm³/mol. The maximum atomic E-state index is 13.1. The van der Waals surface area contributed by atoms with Crippen molar-refractivity contribution in [1.82, 2.24) is 10.2 Å². The Morgan fingerprint density at radius 3 is 2.68 bits per heavy atom. The number of fused-ring (bicyclic) bond motifs is 1. The Morgan fingerprint density at radius 2 is 2.03 bits per heavy atom. The molecule has 0 fully saturated rings. The number of nitrogens with one attached hydrogen (secondary N) is 1. The van der Waals surface area contributed by atoms with E-state index < -0.39 is 21.5 Å². The minimum Gasteiger partial charge on any atom is -0.461 e. The van der Waals surface area contributed by atoms with Crippen molar-refractivity contribution in [3.8, 4) is 0 Å². The van der Waals surface area contributed by atoms with E-state index in [1.54, 1.807) is 11.6 Å². The van der Waals surface area contributed by atoms with Gasteiger partial charge < -0.3 is 9.64 Å². The largest absolute Gasteiger partial charge is 0.516 e. The highest BCUT2D eigenvalue weighted by Gasteiger charge is 2.46. The third kappa shape index (κ3) is 6.00. The lowest BCUT2D eigenvalue weighted by Crippen LogP contribution is -2.33. The van der Waals surface area contributed by atoms with Crippen molar-refractivity contribution in [2.24, 2.45) is 16.1 Å². The Morgan fingerprint density at radius 1 is 1.29 bits per heavy atom. The van der Waals surface area contributed by atoms with Crippen LogP contribution in [0.4, 0.5) is 35.4 Å². The second-order valence-electron chi connectivity index (χ2n) is 7.80. The van der Waals surface area contributed by atoms with Crippen LogP contribution in [0.25, 0.3) is 0 Å². The molecular formula is C19H23F3N6O4S2. The van der Waals surface area contributed by atoms with E-state index in [-0.39, 0.29) is 34.0 Å². The van der Waals surface area contributed by atoms with Crippen LogP contribution < -0.4 is 9.62 Å². The molecule has 2 aromatic rings. The lowest BCUT2D eigenvalue weighted by Gasteiger charge is -2.33. The van der Waals surface area contributed by atoms with Gasteiger partial charge in [0.15, 0.2) is 0 Å². The molecule has 0 aliphatic carbocycles. The molecular weight excluding hydrogens is 497 g/mol. The fraction of sp³-hybridized carbons (Fsp3) is 0.526. The number of hydrogen-bond donors (Lipinski definition) is 1. The molecule has 0 bridgehead atoms. The zero-order valence-electron chi connectivity index (χ0n) is 18.6. The summed E-state index contributed by atoms with van der Waals surface area (Å²) in [5, 5.41) is 15.0. The minimum atomic E-state index is -5.69. The number of alkyl halides is 3. The first-order chi connectivity index (χ1) is 15.9. The molecule has 1 aliphatic heterocycles. The summed E-state index contributed by atoms with van der Waals surface area (Å²) in [6.45, 7) is 7.13. The lowest BCUT2D eigenvalue weighted by atomic mass is 9.99. The van der Waals surface area contributed by atoms with Gasteiger partial charge in [-0.2, -0.15) is 21.6 Å². The number of aryl methyl sites for hydroxylation is 1. The number of ether oxygens (including phenoxy) is 1. The molecule has 1 aromatic heterocycles. The lowest BCUT2D eigenvalue weighted by molar-refractivity contribution is -0.0429. The molecule has 34 heavy (non-hydrogen) atoms. The molecule has 10 nitrogen and oxygen atoms in total. The number of carbonyl (C=O) groups excluding carboxylic acids is 1. The Bertz CT molecular complexity index is 1180. The number of rotatable bonds is 8. The van der Waals surface area contributed by atoms with Crippen LogP contribution in [0.2, 0.25) is 0 Å². The summed E-state index contributed by atoms with van der Waals surface area (Å²) in [4.78, 5) is 13.7. The molecule has 0 radical (unpaired) electrons. The Hall–Kier alpha value is -2.81. The van der Waals surface area contributed by atoms with Gasteiger partial charge in [0.05, 0.1) is 12.3 Å². The molecule has 0 saturated carbocycles. The van der Waals surface area contributed by atoms with Crippen molar-refractivity contribution >= 4 is 49.5 Å². The molecule has 1 aromatic carbocycles. The van der Waals surface area contributed by atoms with Crippen molar-refractivity contribution in [3.05, 3.63) is 22.7 Å². The predicted octanol–water partition coefficient (Wildman–Crippen LogP) is 4.80. The Kier molecular flexibility index (Phi) is 7.75. The van der Waals surface area contributed by atoms with Gasteiger partial charge in [0, 0.05) is 18.8 Å². The second-order valence-corrected chi connectivity index (χ2v) is 10.4. The maximum Gasteiger partial charge on any atom is 0.516 e. The number of carbonyl (C=O) groups is 1. The monoisotopic (exact) mass is 520 g/mol. The first-order valence-corrected chi connectivity index (χ1v) is 12.6. The fourth-order valence-corrected chi connectivity index (χ4v) is 4.45. The van der Waals surface area contributed by atoms with E-state index in [9.17, 15) is 26.4 Å². The number of halogens is 3. The van der Waals surface area contributed by atoms with Crippen LogP contribution >= 0.6 is 11.3 Å². The third-order valence-corrected chi connectivity index (χ3v) is 6.54. The van der Waals surface area contributed by atoms with Crippen molar-refractivity contribution in [1.29, 1.82) is 0 Å². The van der Waals surface area contributed by atoms with E-state index in [1.165, 1.54) is 12.1 Å². The summed E-state index contributed by atoms with van der Waals surface area (Å²) < 4.78 is 69.2. The standard InChI is InChI=1S/C19H23F3N6O4S2/c1-4-32-17(29)16-24-26-18(33-16)25-23-13-8-12-6-5-7-28(10-11(2)3)15(12)9-14(13)27-34(30,31)19(20,21)22/h8-9,11,27H,4-7,10H2,1-3H3. The summed E-state index contributed by atoms with van der Waals surface area (Å²) in [6.07, 6.45) is 1.47. The molecule has 3 rings (SSSR count). The zero-order valence-corrected chi connectivity index (χ0v) is 20.2. The topological polar surface area (TPSA) is 126 Å². The van der Waals surface area contributed by atoms with Gasteiger partial charge in [-0.15, -0.1) is 20.4 Å². The van der Waals surface area contributed by atoms with Crippen LogP contribution in [-0.4, -0.2) is 49.8 Å². The molecule has 0 spiro atoms. The van der Waals surface area contributed by atoms with Gasteiger partial charge in [0.25, 0.3) is 5.13 Å². The van der Waals surface area contributed by atoms with Gasteiger partial charge in [0.2, 0.25) is 5.01 Å². The third-order valence-electron chi connectivity index (χ3n) is 4.65. The molecule has 15 heteroatoms. The van der Waals surface area contributed by atoms with Gasteiger partial charge in [-0.3, -0.25) is 4.72 Å². The van der Waals surface area contributed by atoms with Crippen LogP contribution in [0.5, 0.6) is 0 Å². The minimum absolute atomic E-state index is 0.0492. The van der Waals surface area contributed by atoms with E-state index in [2.05, 4.69) is 20.4 Å². The van der Waals surface area contributed by atoms with Crippen LogP contribution in [0.3, 0.4) is 0 Å². The average molecular weight is 521 g/mol. The highest BCUT2D eigenvalue weighted by molar-refractivity contribution is 7.93. The normalized spacial score (nSPS) is 14.5. The first kappa shape index (κ1) is 25.8. The molecule has 2 heterocycles. The Labute approximate surface area is 198 Å². The first-order valence-electron chi connectivity index (χ1n) is 10.3. The summed E-state index contributed by atoms with van der Waals surface area (Å²) >= 11 is 0.775. The number of esters is 1. The van der Waals surface area contributed by atoms with Crippen LogP contribution in [-0.2, 0) is 21.2 Å². The quantitative estimate of drug-likeness (QED) is 0.391. The van der Waals surface area contributed by atoms with E-state index >= 15 is 0 Å². The van der Waals surface area contributed by atoms with Gasteiger partial charge in [0.1, 0.15) is 5.69 Å². The second kappa shape index (κ2) is 10.2. The zero-order chi connectivity index (χ0) is 25.1. The van der Waals surface area contributed by atoms with Gasteiger partial charge in [-0.1, -0.05) is 25.2 Å². The number of anilines is 2. The number of aromatic nitrogens is 2. The molecule has 186 valence electrons. The van der Waals surface area contributed by atoms with Crippen molar-refractivity contribution in [3.63, 3.8) is 0 Å². The van der Waals surface area contributed by atoms with E-state index in [4.69, 9.17) is 4.74 Å².